The summed E-state index contributed by atoms with van der Waals surface area (Å²) in [6.45, 7) is 1.70. The monoisotopic (exact) mass is 629 g/mol. The summed E-state index contributed by atoms with van der Waals surface area (Å²) in [5, 5.41) is 4.13. The molecule has 224 valence electrons. The van der Waals surface area contributed by atoms with Crippen molar-refractivity contribution >= 4 is 35.4 Å². The number of carbonyl (C=O) groups is 2. The number of benzene rings is 2. The number of hydrogen-bond donors (Lipinski definition) is 1. The number of aromatic nitrogens is 3. The van der Waals surface area contributed by atoms with Gasteiger partial charge in [0.05, 0.1) is 47.4 Å². The quantitative estimate of drug-likeness (QED) is 0.250. The van der Waals surface area contributed by atoms with Gasteiger partial charge in [-0.05, 0) is 30.9 Å². The molecule has 4 aromatic rings. The van der Waals surface area contributed by atoms with Crippen molar-refractivity contribution in [2.45, 2.75) is 37.3 Å². The Morgan fingerprint density at radius 1 is 0.932 bits per heavy atom. The number of hydrogen-bond acceptors (Lipinski definition) is 8. The SMILES string of the molecule is COc1nc(-c2cccc(-c3cccc(-c4cc5c(c(OC)n4)[C@@H](N4CC6(CCC(=O)N6)C4)CC5)c3Cl)c2Cl)cnc1C=O. The van der Waals surface area contributed by atoms with E-state index < -0.39 is 0 Å². The number of ether oxygens (including phenoxy) is 2. The van der Waals surface area contributed by atoms with Crippen molar-refractivity contribution in [3.63, 3.8) is 0 Å². The molecule has 0 saturated carbocycles. The maximum atomic E-state index is 11.8. The Kier molecular flexibility index (Phi) is 7.27. The second-order valence-corrected chi connectivity index (χ2v) is 12.2. The topological polar surface area (TPSA) is 107 Å². The second kappa shape index (κ2) is 11.1. The Labute approximate surface area is 264 Å². The molecule has 1 atom stereocenters. The highest BCUT2D eigenvalue weighted by atomic mass is 35.5. The Bertz CT molecular complexity index is 1820. The Balaban J connectivity index is 1.22. The van der Waals surface area contributed by atoms with Crippen LogP contribution in [0.4, 0.5) is 0 Å². The van der Waals surface area contributed by atoms with Gasteiger partial charge in [0, 0.05) is 53.4 Å². The van der Waals surface area contributed by atoms with Crippen molar-refractivity contribution in [3.8, 4) is 45.4 Å². The van der Waals surface area contributed by atoms with Crippen molar-refractivity contribution in [3.05, 3.63) is 75.5 Å². The molecule has 2 saturated heterocycles. The lowest BCUT2D eigenvalue weighted by Gasteiger charge is -2.50. The number of rotatable bonds is 7. The number of aryl methyl sites for hydroxylation is 1. The zero-order chi connectivity index (χ0) is 30.6. The van der Waals surface area contributed by atoms with Crippen LogP contribution in [0.3, 0.4) is 0 Å². The van der Waals surface area contributed by atoms with E-state index in [0.29, 0.717) is 39.9 Å². The number of carbonyl (C=O) groups excluding carboxylic acids is 2. The van der Waals surface area contributed by atoms with E-state index in [0.717, 1.165) is 60.3 Å². The van der Waals surface area contributed by atoms with Gasteiger partial charge in [0.15, 0.2) is 12.0 Å². The van der Waals surface area contributed by atoms with Crippen LogP contribution in [0.5, 0.6) is 11.8 Å². The molecule has 44 heavy (non-hydrogen) atoms. The Hall–Kier alpha value is -4.05. The van der Waals surface area contributed by atoms with Gasteiger partial charge >= 0.3 is 0 Å². The van der Waals surface area contributed by atoms with Crippen LogP contribution in [0.15, 0.2) is 48.7 Å². The number of halogens is 2. The molecule has 11 heteroatoms. The first-order valence-corrected chi connectivity index (χ1v) is 15.2. The summed E-state index contributed by atoms with van der Waals surface area (Å²) in [6, 6.07) is 13.7. The first-order chi connectivity index (χ1) is 21.3. The van der Waals surface area contributed by atoms with Crippen molar-refractivity contribution in [1.29, 1.82) is 0 Å². The van der Waals surface area contributed by atoms with Gasteiger partial charge in [0.1, 0.15) is 0 Å². The summed E-state index contributed by atoms with van der Waals surface area (Å²) in [5.41, 5.74) is 6.39. The average molecular weight is 631 g/mol. The molecule has 0 radical (unpaired) electrons. The molecular formula is C33H29Cl2N5O4. The van der Waals surface area contributed by atoms with Gasteiger partial charge in [-0.15, -0.1) is 0 Å². The Morgan fingerprint density at radius 2 is 1.57 bits per heavy atom. The highest BCUT2D eigenvalue weighted by Gasteiger charge is 2.51. The molecule has 2 fully saturated rings. The average Bonchev–Trinajstić information content (AvgIpc) is 3.63. The zero-order valence-electron chi connectivity index (χ0n) is 24.2. The van der Waals surface area contributed by atoms with Gasteiger partial charge < -0.3 is 14.8 Å². The van der Waals surface area contributed by atoms with E-state index in [1.54, 1.807) is 7.11 Å². The standard InChI is InChI=1S/C33H29Cl2N5O4/c1-43-31-25(15-41)36-14-24(38-31)22-8-4-6-20(30(22)35)19-5-3-7-21(29(19)34)23-13-18-9-10-26(28(18)32(37-23)44-2)40-16-33(17-40)12-11-27(42)39-33/h3-8,13-15,26H,9-12,16-17H2,1-2H3,(H,39,42)/t26-/m0/s1. The number of aldehydes is 1. The summed E-state index contributed by atoms with van der Waals surface area (Å²) >= 11 is 14.1. The molecule has 2 aromatic carbocycles. The van der Waals surface area contributed by atoms with Crippen molar-refractivity contribution in [2.24, 2.45) is 0 Å². The lowest BCUT2D eigenvalue weighted by Crippen LogP contribution is -2.67. The molecule has 2 aliphatic heterocycles. The number of nitrogens with zero attached hydrogens (tertiary/aromatic N) is 4. The van der Waals surface area contributed by atoms with Gasteiger partial charge in [-0.25, -0.2) is 15.0 Å². The third-order valence-electron chi connectivity index (χ3n) is 8.92. The first kappa shape index (κ1) is 28.7. The number of methoxy groups -OCH3 is 2. The molecule has 7 rings (SSSR count). The maximum absolute atomic E-state index is 11.8. The van der Waals surface area contributed by atoms with E-state index in [-0.39, 0.29) is 29.1 Å². The predicted octanol–water partition coefficient (Wildman–Crippen LogP) is 5.96. The van der Waals surface area contributed by atoms with E-state index in [4.69, 9.17) is 37.7 Å². The summed E-state index contributed by atoms with van der Waals surface area (Å²) in [7, 11) is 3.09. The molecule has 1 aliphatic carbocycles. The number of likely N-dealkylation sites (tertiary alicyclic amines) is 1. The predicted molar refractivity (Wildman–Crippen MR) is 167 cm³/mol. The van der Waals surface area contributed by atoms with Gasteiger partial charge in [0.2, 0.25) is 17.7 Å². The van der Waals surface area contributed by atoms with E-state index in [2.05, 4.69) is 26.3 Å². The van der Waals surface area contributed by atoms with Gasteiger partial charge in [-0.2, -0.15) is 0 Å². The van der Waals surface area contributed by atoms with Crippen LogP contribution in [0.25, 0.3) is 33.6 Å². The second-order valence-electron chi connectivity index (χ2n) is 11.5. The molecule has 9 nitrogen and oxygen atoms in total. The molecular weight excluding hydrogens is 601 g/mol. The third kappa shape index (κ3) is 4.70. The lowest BCUT2D eigenvalue weighted by atomic mass is 9.86. The van der Waals surface area contributed by atoms with Crippen LogP contribution >= 0.6 is 23.2 Å². The van der Waals surface area contributed by atoms with Crippen LogP contribution in [-0.2, 0) is 11.2 Å². The fourth-order valence-corrected chi connectivity index (χ4v) is 7.47. The van der Waals surface area contributed by atoms with E-state index in [1.165, 1.54) is 18.9 Å². The van der Waals surface area contributed by atoms with Crippen molar-refractivity contribution < 1.29 is 19.1 Å². The van der Waals surface area contributed by atoms with Gasteiger partial charge in [-0.3, -0.25) is 14.5 Å². The normalized spacial score (nSPS) is 18.5. The van der Waals surface area contributed by atoms with Gasteiger partial charge in [-0.1, -0.05) is 59.6 Å². The van der Waals surface area contributed by atoms with E-state index in [1.807, 2.05) is 36.4 Å². The van der Waals surface area contributed by atoms with Crippen molar-refractivity contribution in [1.82, 2.24) is 25.2 Å². The molecule has 2 aromatic heterocycles. The summed E-state index contributed by atoms with van der Waals surface area (Å²) in [4.78, 5) is 39.1. The molecule has 1 N–H and O–H groups in total. The maximum Gasteiger partial charge on any atom is 0.243 e. The smallest absolute Gasteiger partial charge is 0.243 e. The third-order valence-corrected chi connectivity index (χ3v) is 9.74. The fourth-order valence-electron chi connectivity index (χ4n) is 6.82. The summed E-state index contributed by atoms with van der Waals surface area (Å²) in [6.07, 6.45) is 5.46. The van der Waals surface area contributed by atoms with Crippen LogP contribution in [0.1, 0.15) is 46.9 Å². The van der Waals surface area contributed by atoms with Crippen LogP contribution in [0, 0.1) is 0 Å². The minimum Gasteiger partial charge on any atom is -0.481 e. The summed E-state index contributed by atoms with van der Waals surface area (Å²) < 4.78 is 11.1. The molecule has 1 spiro atoms. The largest absolute Gasteiger partial charge is 0.481 e. The highest BCUT2D eigenvalue weighted by molar-refractivity contribution is 6.39. The van der Waals surface area contributed by atoms with Crippen LogP contribution in [-0.4, -0.2) is 64.9 Å². The minimum absolute atomic E-state index is 0.0788. The number of amides is 1. The van der Waals surface area contributed by atoms with Crippen LogP contribution < -0.4 is 14.8 Å². The molecule has 3 aliphatic rings. The molecule has 1 amide bonds. The number of pyridine rings is 1. The first-order valence-electron chi connectivity index (χ1n) is 14.4. The van der Waals surface area contributed by atoms with Crippen LogP contribution in [0.2, 0.25) is 10.0 Å². The molecule has 0 unspecified atom stereocenters. The fraction of sp³-hybridized carbons (Fsp3) is 0.303. The zero-order valence-corrected chi connectivity index (χ0v) is 25.7. The summed E-state index contributed by atoms with van der Waals surface area (Å²) in [5.74, 6) is 0.871. The molecule has 4 heterocycles. The number of nitrogens with one attached hydrogen (secondary N) is 1. The van der Waals surface area contributed by atoms with Gasteiger partial charge in [0.25, 0.3) is 0 Å². The lowest BCUT2D eigenvalue weighted by molar-refractivity contribution is -0.121. The number of fused-ring (bicyclic) bond motifs is 1. The Morgan fingerprint density at radius 3 is 2.18 bits per heavy atom. The highest BCUT2D eigenvalue weighted by Crippen LogP contribution is 2.48. The van der Waals surface area contributed by atoms with E-state index >= 15 is 0 Å². The molecule has 0 bridgehead atoms. The van der Waals surface area contributed by atoms with Crippen molar-refractivity contribution in [2.75, 3.05) is 27.3 Å². The minimum atomic E-state index is -0.0788. The van der Waals surface area contributed by atoms with E-state index in [9.17, 15) is 9.59 Å².